The highest BCUT2D eigenvalue weighted by atomic mass is 16.6. The summed E-state index contributed by atoms with van der Waals surface area (Å²) in [6.45, 7) is 0.285. The predicted octanol–water partition coefficient (Wildman–Crippen LogP) is 1.27. The Morgan fingerprint density at radius 2 is 2.11 bits per heavy atom. The third-order valence-corrected chi connectivity index (χ3v) is 7.42. The molecule has 3 N–H and O–H groups in total. The van der Waals surface area contributed by atoms with Crippen LogP contribution >= 0.6 is 0 Å². The number of carbonyl (C=O) groups is 4. The van der Waals surface area contributed by atoms with Gasteiger partial charge in [-0.15, -0.1) is 0 Å². The van der Waals surface area contributed by atoms with Gasteiger partial charge >= 0.3 is 12.1 Å². The maximum Gasteiger partial charge on any atom is 0.418 e. The highest BCUT2D eigenvalue weighted by Crippen LogP contribution is 2.46. The fraction of sp³-hybridized carbons (Fsp3) is 0.500. The van der Waals surface area contributed by atoms with Crippen molar-refractivity contribution in [3.8, 4) is 0 Å². The number of benzene rings is 1. The zero-order chi connectivity index (χ0) is 24.7. The summed E-state index contributed by atoms with van der Waals surface area (Å²) in [7, 11) is 3.51. The second kappa shape index (κ2) is 8.79. The van der Waals surface area contributed by atoms with Crippen LogP contribution in [0.1, 0.15) is 36.8 Å². The average molecular weight is 483 g/mol. The summed E-state index contributed by atoms with van der Waals surface area (Å²) >= 11 is 0. The summed E-state index contributed by atoms with van der Waals surface area (Å²) in [4.78, 5) is 55.9. The molecule has 1 spiro atoms. The van der Waals surface area contributed by atoms with Gasteiger partial charge in [0, 0.05) is 63.2 Å². The minimum Gasteiger partial charge on any atom is -0.427 e. The SMILES string of the molecule is CNC(=O)Nc1ccc2c(c1)CCC21OC(=O)N(CC(=O)N2CCCC2CC2NC=CN2C)C1=O. The van der Waals surface area contributed by atoms with Crippen molar-refractivity contribution in [2.24, 2.45) is 0 Å². The molecule has 0 radical (unpaired) electrons. The van der Waals surface area contributed by atoms with E-state index in [0.29, 0.717) is 30.6 Å². The maximum absolute atomic E-state index is 13.5. The van der Waals surface area contributed by atoms with Gasteiger partial charge in [-0.1, -0.05) is 6.07 Å². The lowest BCUT2D eigenvalue weighted by molar-refractivity contribution is -0.142. The molecule has 3 heterocycles. The molecule has 0 bridgehead atoms. The normalized spacial score (nSPS) is 26.9. The number of amides is 5. The third kappa shape index (κ3) is 3.94. The highest BCUT2D eigenvalue weighted by Gasteiger charge is 2.58. The Balaban J connectivity index is 1.28. The van der Waals surface area contributed by atoms with Crippen LogP contribution in [0, 0.1) is 0 Å². The van der Waals surface area contributed by atoms with E-state index in [0.717, 1.165) is 29.7 Å². The molecule has 11 nitrogen and oxygen atoms in total. The van der Waals surface area contributed by atoms with E-state index in [-0.39, 0.29) is 30.7 Å². The second-order valence-corrected chi connectivity index (χ2v) is 9.44. The number of fused-ring (bicyclic) bond motifs is 2. The van der Waals surface area contributed by atoms with Crippen LogP contribution < -0.4 is 16.0 Å². The van der Waals surface area contributed by atoms with Crippen LogP contribution in [0.4, 0.5) is 15.3 Å². The topological polar surface area (TPSA) is 123 Å². The summed E-state index contributed by atoms with van der Waals surface area (Å²) in [5.74, 6) is -0.745. The van der Waals surface area contributed by atoms with Crippen molar-refractivity contribution in [3.05, 3.63) is 41.7 Å². The standard InChI is InChI=1S/C24H30N6O5/c1-25-22(33)27-16-5-6-18-15(12-16)7-8-24(18)21(32)30(23(34)35-24)14-20(31)29-10-3-4-17(29)13-19-26-9-11-28(19)2/h5-6,9,11-12,17,19,26H,3-4,7-8,10,13-14H2,1-2H3,(H2,25,27,33). The summed E-state index contributed by atoms with van der Waals surface area (Å²) in [5, 5.41) is 8.48. The smallest absolute Gasteiger partial charge is 0.418 e. The van der Waals surface area contributed by atoms with E-state index >= 15 is 0 Å². The first-order chi connectivity index (χ1) is 16.8. The van der Waals surface area contributed by atoms with Crippen molar-refractivity contribution in [1.82, 2.24) is 25.3 Å². The molecule has 0 saturated carbocycles. The zero-order valence-electron chi connectivity index (χ0n) is 19.9. The summed E-state index contributed by atoms with van der Waals surface area (Å²) in [6, 6.07) is 4.86. The first-order valence-electron chi connectivity index (χ1n) is 11.9. The van der Waals surface area contributed by atoms with Crippen LogP contribution in [-0.2, 0) is 26.3 Å². The van der Waals surface area contributed by atoms with Crippen LogP contribution in [0.25, 0.3) is 0 Å². The van der Waals surface area contributed by atoms with Gasteiger partial charge in [-0.05, 0) is 37.0 Å². The first kappa shape index (κ1) is 23.0. The van der Waals surface area contributed by atoms with Gasteiger partial charge in [-0.3, -0.25) is 9.59 Å². The molecule has 5 rings (SSSR count). The fourth-order valence-electron chi connectivity index (χ4n) is 5.54. The van der Waals surface area contributed by atoms with Crippen molar-refractivity contribution in [2.45, 2.75) is 49.9 Å². The van der Waals surface area contributed by atoms with Gasteiger partial charge in [0.15, 0.2) is 0 Å². The van der Waals surface area contributed by atoms with Gasteiger partial charge < -0.3 is 30.5 Å². The number of rotatable bonds is 5. The highest BCUT2D eigenvalue weighted by molar-refractivity contribution is 6.06. The van der Waals surface area contributed by atoms with Crippen molar-refractivity contribution >= 4 is 29.6 Å². The Kier molecular flexibility index (Phi) is 5.78. The van der Waals surface area contributed by atoms with Gasteiger partial charge in [-0.2, -0.15) is 0 Å². The number of carbonyl (C=O) groups excluding carboxylic acids is 4. The first-order valence-corrected chi connectivity index (χ1v) is 11.9. The number of hydrogen-bond acceptors (Lipinski definition) is 7. The Morgan fingerprint density at radius 3 is 2.86 bits per heavy atom. The molecular formula is C24H30N6O5. The molecule has 186 valence electrons. The molecule has 2 fully saturated rings. The third-order valence-electron chi connectivity index (χ3n) is 7.42. The molecule has 1 aromatic rings. The Morgan fingerprint density at radius 1 is 1.29 bits per heavy atom. The van der Waals surface area contributed by atoms with Crippen LogP contribution in [-0.4, -0.2) is 78.0 Å². The number of urea groups is 1. The molecule has 0 aromatic heterocycles. The average Bonchev–Trinajstić information content (AvgIpc) is 3.60. The van der Waals surface area contributed by atoms with Crippen LogP contribution in [0.5, 0.6) is 0 Å². The van der Waals surface area contributed by atoms with Gasteiger partial charge in [0.05, 0.1) is 6.17 Å². The van der Waals surface area contributed by atoms with E-state index in [1.54, 1.807) is 23.1 Å². The molecule has 11 heteroatoms. The van der Waals surface area contributed by atoms with E-state index < -0.39 is 17.6 Å². The summed E-state index contributed by atoms with van der Waals surface area (Å²) < 4.78 is 5.66. The monoisotopic (exact) mass is 482 g/mol. The van der Waals surface area contributed by atoms with Gasteiger partial charge in [0.25, 0.3) is 5.91 Å². The molecule has 3 unspecified atom stereocenters. The van der Waals surface area contributed by atoms with Gasteiger partial charge in [0.1, 0.15) is 6.54 Å². The lowest BCUT2D eigenvalue weighted by Crippen LogP contribution is -2.48. The van der Waals surface area contributed by atoms with Gasteiger partial charge in [0.2, 0.25) is 11.5 Å². The van der Waals surface area contributed by atoms with E-state index in [1.165, 1.54) is 7.05 Å². The van der Waals surface area contributed by atoms with E-state index in [2.05, 4.69) is 20.9 Å². The number of aryl methyl sites for hydroxylation is 1. The lowest BCUT2D eigenvalue weighted by atomic mass is 9.94. The number of likely N-dealkylation sites (tertiary alicyclic amines) is 1. The molecule has 1 aliphatic carbocycles. The number of imide groups is 1. The Bertz CT molecular complexity index is 1110. The van der Waals surface area contributed by atoms with Crippen LogP contribution in [0.2, 0.25) is 0 Å². The Labute approximate surface area is 203 Å². The molecule has 35 heavy (non-hydrogen) atoms. The lowest BCUT2D eigenvalue weighted by Gasteiger charge is -2.30. The molecule has 5 amide bonds. The number of nitrogens with zero attached hydrogens (tertiary/aromatic N) is 3. The van der Waals surface area contributed by atoms with Crippen molar-refractivity contribution in [2.75, 3.05) is 32.5 Å². The van der Waals surface area contributed by atoms with Crippen molar-refractivity contribution in [1.29, 1.82) is 0 Å². The minimum atomic E-state index is -1.41. The van der Waals surface area contributed by atoms with Crippen molar-refractivity contribution < 1.29 is 23.9 Å². The molecule has 3 atom stereocenters. The second-order valence-electron chi connectivity index (χ2n) is 9.44. The molecule has 2 saturated heterocycles. The van der Waals surface area contributed by atoms with E-state index in [1.807, 2.05) is 19.4 Å². The number of nitrogens with one attached hydrogen (secondary N) is 3. The van der Waals surface area contributed by atoms with Crippen LogP contribution in [0.15, 0.2) is 30.6 Å². The number of hydrogen-bond donors (Lipinski definition) is 3. The number of ether oxygens (including phenoxy) is 1. The largest absolute Gasteiger partial charge is 0.427 e. The number of anilines is 1. The maximum atomic E-state index is 13.5. The molecule has 3 aliphatic heterocycles. The minimum absolute atomic E-state index is 0.0449. The molecule has 4 aliphatic rings. The predicted molar refractivity (Wildman–Crippen MR) is 126 cm³/mol. The molecular weight excluding hydrogens is 452 g/mol. The van der Waals surface area contributed by atoms with E-state index in [4.69, 9.17) is 4.74 Å². The molecule has 1 aromatic carbocycles. The van der Waals surface area contributed by atoms with Crippen LogP contribution in [0.3, 0.4) is 0 Å². The fourth-order valence-corrected chi connectivity index (χ4v) is 5.54. The van der Waals surface area contributed by atoms with E-state index in [9.17, 15) is 19.2 Å². The quantitative estimate of drug-likeness (QED) is 0.578. The summed E-state index contributed by atoms with van der Waals surface area (Å²) in [6.07, 6.45) is 6.54. The van der Waals surface area contributed by atoms with Crippen molar-refractivity contribution in [3.63, 3.8) is 0 Å². The van der Waals surface area contributed by atoms with Gasteiger partial charge in [-0.25, -0.2) is 14.5 Å². The zero-order valence-corrected chi connectivity index (χ0v) is 19.9. The summed E-state index contributed by atoms with van der Waals surface area (Å²) in [5.41, 5.74) is 0.608. The Hall–Kier alpha value is -3.76.